The predicted molar refractivity (Wildman–Crippen MR) is 127 cm³/mol. The molecule has 0 N–H and O–H groups in total. The lowest BCUT2D eigenvalue weighted by Crippen LogP contribution is -2.39. The van der Waals surface area contributed by atoms with Gasteiger partial charge in [0.1, 0.15) is 17.2 Å². The van der Waals surface area contributed by atoms with Gasteiger partial charge in [0, 0.05) is 22.9 Å². The highest BCUT2D eigenvalue weighted by Crippen LogP contribution is 2.31. The number of ether oxygens (including phenoxy) is 3. The molecule has 2 aromatic carbocycles. The lowest BCUT2D eigenvalue weighted by Gasteiger charge is -2.24. The summed E-state index contributed by atoms with van der Waals surface area (Å²) in [5.74, 6) is 1.82. The fourth-order valence-corrected chi connectivity index (χ4v) is 4.99. The summed E-state index contributed by atoms with van der Waals surface area (Å²) in [6.07, 6.45) is 1.78. The Morgan fingerprint density at radius 1 is 1.03 bits per heavy atom. The third kappa shape index (κ3) is 4.09. The van der Waals surface area contributed by atoms with Crippen LogP contribution < -0.4 is 29.1 Å². The van der Waals surface area contributed by atoms with Crippen molar-refractivity contribution in [3.8, 4) is 17.2 Å². The zero-order chi connectivity index (χ0) is 23.7. The van der Waals surface area contributed by atoms with Gasteiger partial charge in [0.25, 0.3) is 5.56 Å². The van der Waals surface area contributed by atoms with Crippen LogP contribution in [0.5, 0.6) is 17.2 Å². The lowest BCUT2D eigenvalue weighted by molar-refractivity contribution is -0.114. The zero-order valence-electron chi connectivity index (χ0n) is 19.0. The van der Waals surface area contributed by atoms with Crippen molar-refractivity contribution < 1.29 is 19.0 Å². The van der Waals surface area contributed by atoms with Crippen molar-refractivity contribution in [1.29, 1.82) is 0 Å². The molecule has 7 nitrogen and oxygen atoms in total. The second kappa shape index (κ2) is 9.07. The van der Waals surface area contributed by atoms with Crippen LogP contribution in [-0.2, 0) is 4.79 Å². The van der Waals surface area contributed by atoms with Crippen LogP contribution in [0.3, 0.4) is 0 Å². The average molecular weight is 465 g/mol. The zero-order valence-corrected chi connectivity index (χ0v) is 19.9. The van der Waals surface area contributed by atoms with Crippen LogP contribution in [0.15, 0.2) is 63.5 Å². The molecule has 33 heavy (non-hydrogen) atoms. The van der Waals surface area contributed by atoms with E-state index in [0.717, 1.165) is 11.1 Å². The van der Waals surface area contributed by atoms with E-state index in [1.54, 1.807) is 45.0 Å². The maximum absolute atomic E-state index is 13.6. The second-order valence-corrected chi connectivity index (χ2v) is 8.53. The molecule has 1 atom stereocenters. The maximum atomic E-state index is 13.6. The summed E-state index contributed by atoms with van der Waals surface area (Å²) in [6.45, 7) is 3.30. The molecule has 0 bridgehead atoms. The summed E-state index contributed by atoms with van der Waals surface area (Å²) >= 11 is 1.28. The van der Waals surface area contributed by atoms with Gasteiger partial charge in [0.05, 0.1) is 31.9 Å². The number of Topliss-reactive ketones (excluding diaryl/α,β-unsaturated/α-hetero) is 1. The molecule has 0 amide bonds. The number of fused-ring (bicyclic) bond motifs is 1. The van der Waals surface area contributed by atoms with Crippen LogP contribution in [0.1, 0.15) is 31.0 Å². The minimum atomic E-state index is -0.565. The van der Waals surface area contributed by atoms with Crippen LogP contribution in [0.4, 0.5) is 0 Å². The van der Waals surface area contributed by atoms with Gasteiger partial charge < -0.3 is 14.2 Å². The summed E-state index contributed by atoms with van der Waals surface area (Å²) < 4.78 is 18.1. The number of thiazole rings is 1. The second-order valence-electron chi connectivity index (χ2n) is 7.52. The molecule has 170 valence electrons. The largest absolute Gasteiger partial charge is 0.497 e. The molecular weight excluding hydrogens is 440 g/mol. The molecule has 1 aliphatic heterocycles. The highest BCUT2D eigenvalue weighted by molar-refractivity contribution is 7.07. The van der Waals surface area contributed by atoms with Gasteiger partial charge in [0.15, 0.2) is 10.6 Å². The van der Waals surface area contributed by atoms with E-state index in [1.807, 2.05) is 36.4 Å². The predicted octanol–water partition coefficient (Wildman–Crippen LogP) is 2.85. The van der Waals surface area contributed by atoms with E-state index in [4.69, 9.17) is 14.2 Å². The van der Waals surface area contributed by atoms with Crippen molar-refractivity contribution in [2.45, 2.75) is 19.9 Å². The first kappa shape index (κ1) is 22.5. The highest BCUT2D eigenvalue weighted by Gasteiger charge is 2.30. The number of hydrogen-bond acceptors (Lipinski definition) is 7. The summed E-state index contributed by atoms with van der Waals surface area (Å²) in [5, 5.41) is 0. The van der Waals surface area contributed by atoms with E-state index in [0.29, 0.717) is 37.9 Å². The molecule has 0 spiro atoms. The monoisotopic (exact) mass is 464 g/mol. The SMILES string of the molecule is COc1ccc([C@@H]2C(C(C)=O)=C(C)N=c3s/c(=C/c4ccc(OC)cc4OC)c(=O)n32)cc1. The number of carbonyl (C=O) groups excluding carboxylic acids is 1. The number of benzene rings is 2. The van der Waals surface area contributed by atoms with Gasteiger partial charge in [-0.3, -0.25) is 14.2 Å². The molecule has 8 heteroatoms. The maximum Gasteiger partial charge on any atom is 0.271 e. The van der Waals surface area contributed by atoms with Crippen molar-refractivity contribution in [3.63, 3.8) is 0 Å². The fraction of sp³-hybridized carbons (Fsp3) is 0.240. The van der Waals surface area contributed by atoms with Gasteiger partial charge in [-0.2, -0.15) is 0 Å². The Morgan fingerprint density at radius 2 is 1.70 bits per heavy atom. The minimum absolute atomic E-state index is 0.122. The quantitative estimate of drug-likeness (QED) is 0.561. The molecule has 0 fully saturated rings. The Balaban J connectivity index is 1.94. The van der Waals surface area contributed by atoms with Gasteiger partial charge in [-0.15, -0.1) is 0 Å². The minimum Gasteiger partial charge on any atom is -0.497 e. The standard InChI is InChI=1S/C25H24N2O5S/c1-14-22(15(2)28)23(16-6-9-18(30-3)10-7-16)27-24(29)21(33-25(27)26-14)12-17-8-11-19(31-4)13-20(17)32-5/h6-13,23H,1-5H3/b21-12+/t23-/m1/s1. The Morgan fingerprint density at radius 3 is 2.30 bits per heavy atom. The molecule has 2 heterocycles. The van der Waals surface area contributed by atoms with Crippen LogP contribution in [0.2, 0.25) is 0 Å². The Kier molecular flexibility index (Phi) is 6.20. The van der Waals surface area contributed by atoms with E-state index >= 15 is 0 Å². The molecule has 0 radical (unpaired) electrons. The first-order valence-electron chi connectivity index (χ1n) is 10.3. The van der Waals surface area contributed by atoms with Gasteiger partial charge >= 0.3 is 0 Å². The first-order chi connectivity index (χ1) is 15.9. The molecule has 3 aromatic rings. The molecule has 0 unspecified atom stereocenters. The lowest BCUT2D eigenvalue weighted by atomic mass is 9.93. The third-order valence-corrected chi connectivity index (χ3v) is 6.54. The number of allylic oxidation sites excluding steroid dienone is 2. The summed E-state index contributed by atoms with van der Waals surface area (Å²) in [7, 11) is 4.75. The number of ketones is 1. The van der Waals surface area contributed by atoms with E-state index in [1.165, 1.54) is 18.3 Å². The molecule has 4 rings (SSSR count). The van der Waals surface area contributed by atoms with Gasteiger partial charge in [-0.1, -0.05) is 23.5 Å². The van der Waals surface area contributed by atoms with E-state index in [-0.39, 0.29) is 11.3 Å². The van der Waals surface area contributed by atoms with Crippen LogP contribution in [0, 0.1) is 0 Å². The number of rotatable bonds is 6. The van der Waals surface area contributed by atoms with E-state index in [9.17, 15) is 9.59 Å². The van der Waals surface area contributed by atoms with Crippen LogP contribution in [0.25, 0.3) is 6.08 Å². The topological polar surface area (TPSA) is 79.1 Å². The van der Waals surface area contributed by atoms with E-state index < -0.39 is 6.04 Å². The number of carbonyl (C=O) groups is 1. The Labute approximate surface area is 194 Å². The Hall–Kier alpha value is -3.65. The van der Waals surface area contributed by atoms with Crippen LogP contribution in [-0.4, -0.2) is 31.7 Å². The molecule has 0 saturated carbocycles. The van der Waals surface area contributed by atoms with Crippen molar-refractivity contribution in [1.82, 2.24) is 4.57 Å². The van der Waals surface area contributed by atoms with Gasteiger partial charge in [-0.05, 0) is 49.8 Å². The Bertz CT molecular complexity index is 1430. The molecule has 1 aromatic heterocycles. The van der Waals surface area contributed by atoms with E-state index in [2.05, 4.69) is 4.99 Å². The summed E-state index contributed by atoms with van der Waals surface area (Å²) in [6, 6.07) is 12.2. The van der Waals surface area contributed by atoms with Crippen LogP contribution >= 0.6 is 11.3 Å². The van der Waals surface area contributed by atoms with Crippen molar-refractivity contribution >= 4 is 23.2 Å². The normalized spacial score (nSPS) is 15.7. The molecule has 0 aliphatic carbocycles. The van der Waals surface area contributed by atoms with Crippen molar-refractivity contribution in [2.75, 3.05) is 21.3 Å². The van der Waals surface area contributed by atoms with Crippen molar-refractivity contribution in [3.05, 3.63) is 84.5 Å². The molecular formula is C25H24N2O5S. The summed E-state index contributed by atoms with van der Waals surface area (Å²) in [4.78, 5) is 31.3. The molecule has 1 aliphatic rings. The van der Waals surface area contributed by atoms with Gasteiger partial charge in [-0.25, -0.2) is 4.99 Å². The average Bonchev–Trinajstić information content (AvgIpc) is 3.12. The number of hydrogen-bond donors (Lipinski definition) is 0. The van der Waals surface area contributed by atoms with Crippen molar-refractivity contribution in [2.24, 2.45) is 4.99 Å². The number of methoxy groups -OCH3 is 3. The fourth-order valence-electron chi connectivity index (χ4n) is 3.95. The molecule has 0 saturated heterocycles. The number of aromatic nitrogens is 1. The summed E-state index contributed by atoms with van der Waals surface area (Å²) in [5.41, 5.74) is 2.44. The third-order valence-electron chi connectivity index (χ3n) is 5.56. The first-order valence-corrected chi connectivity index (χ1v) is 11.1. The number of nitrogens with zero attached hydrogens (tertiary/aromatic N) is 2. The van der Waals surface area contributed by atoms with Gasteiger partial charge in [0.2, 0.25) is 0 Å². The highest BCUT2D eigenvalue weighted by atomic mass is 32.1. The smallest absolute Gasteiger partial charge is 0.271 e.